The molecule has 1 aliphatic rings. The third kappa shape index (κ3) is 4.55. The molecule has 1 fully saturated rings. The molecule has 1 heterocycles. The lowest BCUT2D eigenvalue weighted by atomic mass is 9.96. The van der Waals surface area contributed by atoms with Crippen molar-refractivity contribution in [2.75, 3.05) is 38.5 Å². The Labute approximate surface area is 109 Å². The first-order valence-corrected chi connectivity index (χ1v) is 7.81. The van der Waals surface area contributed by atoms with Gasteiger partial charge in [0.1, 0.15) is 0 Å². The average molecular weight is 277 g/mol. The van der Waals surface area contributed by atoms with Gasteiger partial charge in [0.25, 0.3) is 0 Å². The van der Waals surface area contributed by atoms with Crippen LogP contribution in [0.3, 0.4) is 0 Å². The Morgan fingerprint density at radius 1 is 1.28 bits per heavy atom. The number of rotatable bonds is 4. The van der Waals surface area contributed by atoms with Gasteiger partial charge in [-0.05, 0) is 0 Å². The lowest BCUT2D eigenvalue weighted by Crippen LogP contribution is -2.48. The fourth-order valence-electron chi connectivity index (χ4n) is 1.61. The van der Waals surface area contributed by atoms with Gasteiger partial charge in [-0.1, -0.05) is 20.8 Å². The monoisotopic (exact) mass is 277 g/mol. The van der Waals surface area contributed by atoms with Gasteiger partial charge in [-0.15, -0.1) is 0 Å². The molecule has 0 saturated carbocycles. The van der Waals surface area contributed by atoms with E-state index in [2.05, 4.69) is 10.6 Å². The quantitative estimate of drug-likeness (QED) is 0.718. The van der Waals surface area contributed by atoms with Gasteiger partial charge in [0.05, 0.1) is 5.75 Å². The summed E-state index contributed by atoms with van der Waals surface area (Å²) in [6.07, 6.45) is 0. The smallest absolute Gasteiger partial charge is 0.225 e. The van der Waals surface area contributed by atoms with Crippen molar-refractivity contribution in [3.63, 3.8) is 0 Å². The van der Waals surface area contributed by atoms with E-state index in [0.29, 0.717) is 26.2 Å². The molecule has 0 radical (unpaired) electrons. The third-order valence-corrected chi connectivity index (χ3v) is 4.67. The molecule has 1 amide bonds. The highest BCUT2D eigenvalue weighted by atomic mass is 32.2. The molecular weight excluding hydrogens is 254 g/mol. The van der Waals surface area contributed by atoms with Crippen LogP contribution in [0, 0.1) is 5.41 Å². The third-order valence-electron chi connectivity index (χ3n) is 2.80. The highest BCUT2D eigenvalue weighted by Crippen LogP contribution is 2.12. The van der Waals surface area contributed by atoms with Crippen molar-refractivity contribution in [2.24, 2.45) is 5.41 Å². The minimum atomic E-state index is -3.25. The van der Waals surface area contributed by atoms with E-state index in [-0.39, 0.29) is 18.2 Å². The van der Waals surface area contributed by atoms with E-state index in [1.165, 1.54) is 4.31 Å². The van der Waals surface area contributed by atoms with Crippen LogP contribution < -0.4 is 10.6 Å². The summed E-state index contributed by atoms with van der Waals surface area (Å²) in [4.78, 5) is 11.6. The lowest BCUT2D eigenvalue weighted by Gasteiger charge is -2.26. The molecule has 0 unspecified atom stereocenters. The van der Waals surface area contributed by atoms with Crippen molar-refractivity contribution in [3.8, 4) is 0 Å². The number of amides is 1. The van der Waals surface area contributed by atoms with Gasteiger partial charge < -0.3 is 10.6 Å². The predicted octanol–water partition coefficient (Wildman–Crippen LogP) is -0.616. The van der Waals surface area contributed by atoms with Crippen LogP contribution in [0.1, 0.15) is 20.8 Å². The van der Waals surface area contributed by atoms with Gasteiger partial charge in [0.2, 0.25) is 15.9 Å². The maximum atomic E-state index is 12.0. The van der Waals surface area contributed by atoms with Crippen LogP contribution >= 0.6 is 0 Å². The molecule has 106 valence electrons. The van der Waals surface area contributed by atoms with Gasteiger partial charge in [0.15, 0.2) is 0 Å². The molecule has 1 saturated heterocycles. The second kappa shape index (κ2) is 5.99. The number of nitrogens with zero attached hydrogens (tertiary/aromatic N) is 1. The molecule has 0 spiro atoms. The summed E-state index contributed by atoms with van der Waals surface area (Å²) in [5.41, 5.74) is -0.487. The number of carbonyl (C=O) groups excluding carboxylic acids is 1. The first-order chi connectivity index (χ1) is 8.23. The van der Waals surface area contributed by atoms with Crippen LogP contribution in [0.25, 0.3) is 0 Å². The van der Waals surface area contributed by atoms with Crippen LogP contribution in [0.5, 0.6) is 0 Å². The Balaban J connectivity index is 2.40. The fourth-order valence-corrected chi connectivity index (χ4v) is 2.97. The van der Waals surface area contributed by atoms with Crippen molar-refractivity contribution in [1.29, 1.82) is 0 Å². The number of hydrogen-bond acceptors (Lipinski definition) is 4. The van der Waals surface area contributed by atoms with Crippen molar-refractivity contribution in [3.05, 3.63) is 0 Å². The molecule has 0 aliphatic carbocycles. The molecule has 18 heavy (non-hydrogen) atoms. The van der Waals surface area contributed by atoms with E-state index in [1.807, 2.05) is 0 Å². The zero-order valence-electron chi connectivity index (χ0n) is 11.3. The number of nitrogens with one attached hydrogen (secondary N) is 2. The first kappa shape index (κ1) is 15.4. The molecule has 2 N–H and O–H groups in total. The Kier molecular flexibility index (Phi) is 5.12. The van der Waals surface area contributed by atoms with Crippen molar-refractivity contribution in [1.82, 2.24) is 14.9 Å². The molecule has 0 aromatic rings. The normalized spacial score (nSPS) is 18.6. The SMILES string of the molecule is CC(C)(C)C(=O)NCCS(=O)(=O)N1CCNCC1. The maximum absolute atomic E-state index is 12.0. The van der Waals surface area contributed by atoms with E-state index in [4.69, 9.17) is 0 Å². The Bertz CT molecular complexity index is 381. The summed E-state index contributed by atoms with van der Waals surface area (Å²) >= 11 is 0. The van der Waals surface area contributed by atoms with Crippen LogP contribution in [0.15, 0.2) is 0 Å². The molecule has 1 rings (SSSR count). The molecule has 0 atom stereocenters. The molecule has 0 aromatic carbocycles. The van der Waals surface area contributed by atoms with Gasteiger partial charge in [-0.25, -0.2) is 8.42 Å². The van der Waals surface area contributed by atoms with E-state index in [0.717, 1.165) is 0 Å². The van der Waals surface area contributed by atoms with Gasteiger partial charge in [-0.2, -0.15) is 4.31 Å². The van der Waals surface area contributed by atoms with Crippen LogP contribution in [0.4, 0.5) is 0 Å². The first-order valence-electron chi connectivity index (χ1n) is 6.20. The fraction of sp³-hybridized carbons (Fsp3) is 0.909. The van der Waals surface area contributed by atoms with Crippen LogP contribution in [0.2, 0.25) is 0 Å². The Morgan fingerprint density at radius 2 is 1.83 bits per heavy atom. The number of piperazine rings is 1. The van der Waals surface area contributed by atoms with E-state index >= 15 is 0 Å². The molecular formula is C11H23N3O3S. The topological polar surface area (TPSA) is 78.5 Å². The van der Waals surface area contributed by atoms with Crippen LogP contribution in [-0.4, -0.2) is 57.1 Å². The second-order valence-corrected chi connectivity index (χ2v) is 7.56. The van der Waals surface area contributed by atoms with E-state index in [9.17, 15) is 13.2 Å². The summed E-state index contributed by atoms with van der Waals surface area (Å²) < 4.78 is 25.4. The Hall–Kier alpha value is -0.660. The zero-order valence-corrected chi connectivity index (χ0v) is 12.1. The van der Waals surface area contributed by atoms with Gasteiger partial charge in [0, 0.05) is 38.1 Å². The number of sulfonamides is 1. The molecule has 0 bridgehead atoms. The molecule has 0 aromatic heterocycles. The van der Waals surface area contributed by atoms with Crippen molar-refractivity contribution in [2.45, 2.75) is 20.8 Å². The lowest BCUT2D eigenvalue weighted by molar-refractivity contribution is -0.128. The zero-order chi connectivity index (χ0) is 13.8. The largest absolute Gasteiger partial charge is 0.355 e. The summed E-state index contributed by atoms with van der Waals surface area (Å²) in [6, 6.07) is 0. The number of hydrogen-bond donors (Lipinski definition) is 2. The number of carbonyl (C=O) groups is 1. The minimum Gasteiger partial charge on any atom is -0.355 e. The average Bonchev–Trinajstić information content (AvgIpc) is 2.28. The van der Waals surface area contributed by atoms with Gasteiger partial charge >= 0.3 is 0 Å². The summed E-state index contributed by atoms with van der Waals surface area (Å²) in [6.45, 7) is 7.96. The minimum absolute atomic E-state index is 0.0329. The van der Waals surface area contributed by atoms with Crippen molar-refractivity contribution < 1.29 is 13.2 Å². The summed E-state index contributed by atoms with van der Waals surface area (Å²) in [5.74, 6) is -0.160. The molecule has 1 aliphatic heterocycles. The molecule has 7 heteroatoms. The maximum Gasteiger partial charge on any atom is 0.225 e. The summed E-state index contributed by atoms with van der Waals surface area (Å²) in [7, 11) is -3.25. The predicted molar refractivity (Wildman–Crippen MR) is 70.7 cm³/mol. The molecule has 6 nitrogen and oxygen atoms in total. The van der Waals surface area contributed by atoms with E-state index in [1.54, 1.807) is 20.8 Å². The van der Waals surface area contributed by atoms with Crippen LogP contribution in [-0.2, 0) is 14.8 Å². The van der Waals surface area contributed by atoms with Crippen molar-refractivity contribution >= 4 is 15.9 Å². The summed E-state index contributed by atoms with van der Waals surface area (Å²) in [5, 5.41) is 5.76. The van der Waals surface area contributed by atoms with Gasteiger partial charge in [-0.3, -0.25) is 4.79 Å². The Morgan fingerprint density at radius 3 is 2.33 bits per heavy atom. The highest BCUT2D eigenvalue weighted by Gasteiger charge is 2.25. The van der Waals surface area contributed by atoms with E-state index < -0.39 is 15.4 Å². The second-order valence-electron chi connectivity index (χ2n) is 5.47. The standard InChI is InChI=1S/C11H23N3O3S/c1-11(2,3)10(15)13-6-9-18(16,17)14-7-4-12-5-8-14/h12H,4-9H2,1-3H3,(H,13,15). The highest BCUT2D eigenvalue weighted by molar-refractivity contribution is 7.89.